The van der Waals surface area contributed by atoms with E-state index in [2.05, 4.69) is 4.98 Å². The molecule has 0 bridgehead atoms. The van der Waals surface area contributed by atoms with Crippen LogP contribution in [0.3, 0.4) is 0 Å². The minimum atomic E-state index is -0.543. The summed E-state index contributed by atoms with van der Waals surface area (Å²) in [4.78, 5) is 15.7. The summed E-state index contributed by atoms with van der Waals surface area (Å²) in [6, 6.07) is 1.27. The third kappa shape index (κ3) is 3.83. The summed E-state index contributed by atoms with van der Waals surface area (Å²) < 4.78 is 0. The molecule has 0 fully saturated rings. The van der Waals surface area contributed by atoms with Crippen LogP contribution in [0.4, 0.5) is 11.5 Å². The Hall–Kier alpha value is -1.40. The fourth-order valence-corrected chi connectivity index (χ4v) is 1.59. The topological polar surface area (TPSA) is 79.5 Å². The quantitative estimate of drug-likeness (QED) is 0.645. The van der Waals surface area contributed by atoms with E-state index in [1.54, 1.807) is 18.9 Å². The molecule has 1 heterocycles. The lowest BCUT2D eigenvalue weighted by Crippen LogP contribution is -2.23. The van der Waals surface area contributed by atoms with Crippen LogP contribution in [-0.4, -0.2) is 34.7 Å². The average Bonchev–Trinajstić information content (AvgIpc) is 2.25. The van der Waals surface area contributed by atoms with Crippen LogP contribution in [0.25, 0.3) is 0 Å². The SMILES string of the molecule is C[C@@H](O)CCN(C)c1ncc([N+](=O)[O-])cc1Cl. The molecule has 1 atom stereocenters. The third-order valence-electron chi connectivity index (χ3n) is 2.26. The molecule has 1 aromatic rings. The van der Waals surface area contributed by atoms with E-state index in [0.29, 0.717) is 18.8 Å². The van der Waals surface area contributed by atoms with Gasteiger partial charge in [0.2, 0.25) is 0 Å². The summed E-state index contributed by atoms with van der Waals surface area (Å²) in [5.74, 6) is 0.470. The summed E-state index contributed by atoms with van der Waals surface area (Å²) in [5.41, 5.74) is -0.136. The van der Waals surface area contributed by atoms with Crippen LogP contribution in [0.5, 0.6) is 0 Å². The van der Waals surface area contributed by atoms with Crippen molar-refractivity contribution in [3.8, 4) is 0 Å². The third-order valence-corrected chi connectivity index (χ3v) is 2.54. The lowest BCUT2D eigenvalue weighted by atomic mass is 10.2. The minimum absolute atomic E-state index is 0.136. The maximum absolute atomic E-state index is 10.5. The number of rotatable bonds is 5. The normalized spacial score (nSPS) is 12.2. The van der Waals surface area contributed by atoms with Gasteiger partial charge in [0.1, 0.15) is 12.0 Å². The van der Waals surface area contributed by atoms with E-state index in [9.17, 15) is 10.1 Å². The molecule has 0 unspecified atom stereocenters. The molecular weight excluding hydrogens is 246 g/mol. The number of nitro groups is 1. The second kappa shape index (κ2) is 5.79. The van der Waals surface area contributed by atoms with Gasteiger partial charge in [0.25, 0.3) is 5.69 Å². The van der Waals surface area contributed by atoms with Gasteiger partial charge in [-0.2, -0.15) is 0 Å². The summed E-state index contributed by atoms with van der Waals surface area (Å²) in [5, 5.41) is 19.9. The number of hydrogen-bond acceptors (Lipinski definition) is 5. The van der Waals surface area contributed by atoms with Crippen molar-refractivity contribution in [3.05, 3.63) is 27.4 Å². The van der Waals surface area contributed by atoms with Crippen molar-refractivity contribution >= 4 is 23.1 Å². The van der Waals surface area contributed by atoms with Gasteiger partial charge in [-0.3, -0.25) is 10.1 Å². The highest BCUT2D eigenvalue weighted by Crippen LogP contribution is 2.26. The van der Waals surface area contributed by atoms with Crippen LogP contribution in [-0.2, 0) is 0 Å². The van der Waals surface area contributed by atoms with Crippen LogP contribution in [0, 0.1) is 10.1 Å². The molecule has 0 aliphatic rings. The Morgan fingerprint density at radius 3 is 2.82 bits per heavy atom. The molecule has 0 saturated carbocycles. The molecule has 7 heteroatoms. The number of nitrogens with zero attached hydrogens (tertiary/aromatic N) is 3. The zero-order valence-corrected chi connectivity index (χ0v) is 10.4. The van der Waals surface area contributed by atoms with E-state index in [4.69, 9.17) is 16.7 Å². The lowest BCUT2D eigenvalue weighted by Gasteiger charge is -2.19. The smallest absolute Gasteiger partial charge is 0.289 e. The van der Waals surface area contributed by atoms with E-state index >= 15 is 0 Å². The summed E-state index contributed by atoms with van der Waals surface area (Å²) in [6.07, 6.45) is 1.33. The van der Waals surface area contributed by atoms with E-state index in [1.807, 2.05) is 0 Å². The van der Waals surface area contributed by atoms with Crippen LogP contribution in [0.2, 0.25) is 5.02 Å². The van der Waals surface area contributed by atoms with Gasteiger partial charge in [0.15, 0.2) is 0 Å². The van der Waals surface area contributed by atoms with E-state index in [0.717, 1.165) is 0 Å². The molecule has 94 valence electrons. The zero-order chi connectivity index (χ0) is 13.0. The molecule has 1 aromatic heterocycles. The molecule has 17 heavy (non-hydrogen) atoms. The van der Waals surface area contributed by atoms with Gasteiger partial charge in [0, 0.05) is 19.7 Å². The van der Waals surface area contributed by atoms with Crippen molar-refractivity contribution in [3.63, 3.8) is 0 Å². The predicted molar refractivity (Wildman–Crippen MR) is 65.5 cm³/mol. The standard InChI is InChI=1S/C10H14ClN3O3/c1-7(15)3-4-13(2)10-9(11)5-8(6-12-10)14(16)17/h5-7,15H,3-4H2,1-2H3/t7-/m1/s1. The first-order chi connectivity index (χ1) is 7.91. The maximum atomic E-state index is 10.5. The summed E-state index contributed by atoms with van der Waals surface area (Å²) in [7, 11) is 1.77. The first-order valence-electron chi connectivity index (χ1n) is 5.11. The van der Waals surface area contributed by atoms with Gasteiger partial charge >= 0.3 is 0 Å². The van der Waals surface area contributed by atoms with Crippen molar-refractivity contribution in [1.82, 2.24) is 4.98 Å². The molecule has 6 nitrogen and oxygen atoms in total. The molecule has 0 saturated heterocycles. The molecule has 0 spiro atoms. The van der Waals surface area contributed by atoms with Crippen molar-refractivity contribution in [1.29, 1.82) is 0 Å². The number of pyridine rings is 1. The molecule has 0 aliphatic heterocycles. The minimum Gasteiger partial charge on any atom is -0.393 e. The van der Waals surface area contributed by atoms with Crippen LogP contribution < -0.4 is 4.90 Å². The first-order valence-corrected chi connectivity index (χ1v) is 5.48. The van der Waals surface area contributed by atoms with Crippen molar-refractivity contribution in [2.24, 2.45) is 0 Å². The van der Waals surface area contributed by atoms with Crippen molar-refractivity contribution in [2.45, 2.75) is 19.4 Å². The van der Waals surface area contributed by atoms with Crippen LogP contribution >= 0.6 is 11.6 Å². The number of aliphatic hydroxyl groups is 1. The number of anilines is 1. The van der Waals surface area contributed by atoms with E-state index in [-0.39, 0.29) is 10.7 Å². The molecule has 0 aromatic carbocycles. The summed E-state index contributed by atoms with van der Waals surface area (Å²) >= 11 is 5.91. The number of aromatic nitrogens is 1. The van der Waals surface area contributed by atoms with Gasteiger partial charge in [-0.25, -0.2) is 4.98 Å². The Kier molecular flexibility index (Phi) is 4.65. The second-order valence-corrected chi connectivity index (χ2v) is 4.22. The Morgan fingerprint density at radius 2 is 2.35 bits per heavy atom. The highest BCUT2D eigenvalue weighted by atomic mass is 35.5. The second-order valence-electron chi connectivity index (χ2n) is 3.82. The molecule has 0 radical (unpaired) electrons. The predicted octanol–water partition coefficient (Wildman–Crippen LogP) is 1.85. The zero-order valence-electron chi connectivity index (χ0n) is 9.63. The molecule has 0 aliphatic carbocycles. The van der Waals surface area contributed by atoms with Crippen LogP contribution in [0.1, 0.15) is 13.3 Å². The molecular formula is C10H14ClN3O3. The highest BCUT2D eigenvalue weighted by Gasteiger charge is 2.14. The highest BCUT2D eigenvalue weighted by molar-refractivity contribution is 6.33. The Labute approximate surface area is 104 Å². The van der Waals surface area contributed by atoms with Gasteiger partial charge in [0.05, 0.1) is 16.0 Å². The molecule has 0 amide bonds. The van der Waals surface area contributed by atoms with Gasteiger partial charge < -0.3 is 10.0 Å². The fraction of sp³-hybridized carbons (Fsp3) is 0.500. The monoisotopic (exact) mass is 259 g/mol. The number of aliphatic hydroxyl groups excluding tert-OH is 1. The van der Waals surface area contributed by atoms with Gasteiger partial charge in [-0.05, 0) is 13.3 Å². The van der Waals surface area contributed by atoms with Crippen molar-refractivity contribution < 1.29 is 10.0 Å². The lowest BCUT2D eigenvalue weighted by molar-refractivity contribution is -0.385. The largest absolute Gasteiger partial charge is 0.393 e. The van der Waals surface area contributed by atoms with Gasteiger partial charge in [-0.15, -0.1) is 0 Å². The van der Waals surface area contributed by atoms with E-state index in [1.165, 1.54) is 12.3 Å². The van der Waals surface area contributed by atoms with Crippen molar-refractivity contribution in [2.75, 3.05) is 18.5 Å². The Balaban J connectivity index is 2.81. The van der Waals surface area contributed by atoms with Gasteiger partial charge in [-0.1, -0.05) is 11.6 Å². The maximum Gasteiger partial charge on any atom is 0.289 e. The summed E-state index contributed by atoms with van der Waals surface area (Å²) in [6.45, 7) is 2.26. The Morgan fingerprint density at radius 1 is 1.71 bits per heavy atom. The molecule has 1 rings (SSSR count). The van der Waals surface area contributed by atoms with E-state index < -0.39 is 11.0 Å². The molecule has 1 N–H and O–H groups in total. The first kappa shape index (κ1) is 13.7. The average molecular weight is 260 g/mol. The number of hydrogen-bond donors (Lipinski definition) is 1. The fourth-order valence-electron chi connectivity index (χ4n) is 1.29. The van der Waals surface area contributed by atoms with Crippen LogP contribution in [0.15, 0.2) is 12.3 Å². The Bertz CT molecular complexity index is 412. The number of halogens is 1.